The maximum absolute atomic E-state index is 12.5. The number of rotatable bonds is 2. The summed E-state index contributed by atoms with van der Waals surface area (Å²) in [5.74, 6) is -0.469. The van der Waals surface area contributed by atoms with Crippen LogP contribution in [0, 0.1) is 12.8 Å². The molecule has 2 aliphatic rings. The molecule has 2 saturated heterocycles. The Morgan fingerprint density at radius 3 is 2.65 bits per heavy atom. The Labute approximate surface area is 119 Å². The van der Waals surface area contributed by atoms with Crippen LogP contribution in [0.25, 0.3) is 0 Å². The topological polar surface area (TPSA) is 40.6 Å². The summed E-state index contributed by atoms with van der Waals surface area (Å²) in [5.41, 5.74) is 2.04. The minimum absolute atomic E-state index is 0.0302. The van der Waals surface area contributed by atoms with E-state index < -0.39 is 5.92 Å². The van der Waals surface area contributed by atoms with Gasteiger partial charge in [0, 0.05) is 25.3 Å². The SMILES string of the molecule is Cc1cccc(N2CCC(C(=O)N3CCCC3)C2=O)c1. The number of carbonyl (C=O) groups is 2. The molecule has 20 heavy (non-hydrogen) atoms. The van der Waals surface area contributed by atoms with Gasteiger partial charge in [-0.1, -0.05) is 12.1 Å². The molecule has 106 valence electrons. The Morgan fingerprint density at radius 1 is 1.20 bits per heavy atom. The van der Waals surface area contributed by atoms with Crippen molar-refractivity contribution in [1.82, 2.24) is 4.90 Å². The number of anilines is 1. The zero-order chi connectivity index (χ0) is 14.1. The van der Waals surface area contributed by atoms with Crippen LogP contribution >= 0.6 is 0 Å². The number of hydrogen-bond acceptors (Lipinski definition) is 2. The second-order valence-corrected chi connectivity index (χ2v) is 5.70. The molecule has 3 rings (SSSR count). The highest BCUT2D eigenvalue weighted by Crippen LogP contribution is 2.27. The van der Waals surface area contributed by atoms with E-state index in [0.717, 1.165) is 37.2 Å². The molecule has 1 unspecified atom stereocenters. The lowest BCUT2D eigenvalue weighted by atomic mass is 10.1. The molecule has 2 aliphatic heterocycles. The van der Waals surface area contributed by atoms with Crippen molar-refractivity contribution < 1.29 is 9.59 Å². The Bertz CT molecular complexity index is 535. The van der Waals surface area contributed by atoms with Crippen LogP contribution in [0.4, 0.5) is 5.69 Å². The van der Waals surface area contributed by atoms with Gasteiger partial charge in [0.1, 0.15) is 5.92 Å². The van der Waals surface area contributed by atoms with Gasteiger partial charge in [0.15, 0.2) is 0 Å². The van der Waals surface area contributed by atoms with Crippen molar-refractivity contribution in [2.24, 2.45) is 5.92 Å². The molecule has 4 heteroatoms. The molecule has 1 aromatic carbocycles. The third-order valence-electron chi connectivity index (χ3n) is 4.23. The number of hydrogen-bond donors (Lipinski definition) is 0. The number of benzene rings is 1. The van der Waals surface area contributed by atoms with Crippen molar-refractivity contribution in [1.29, 1.82) is 0 Å². The second kappa shape index (κ2) is 5.27. The fraction of sp³-hybridized carbons (Fsp3) is 0.500. The molecular weight excluding hydrogens is 252 g/mol. The van der Waals surface area contributed by atoms with Gasteiger partial charge in [-0.2, -0.15) is 0 Å². The molecule has 0 aromatic heterocycles. The van der Waals surface area contributed by atoms with E-state index in [1.54, 1.807) is 4.90 Å². The molecule has 0 aliphatic carbocycles. The predicted molar refractivity (Wildman–Crippen MR) is 77.5 cm³/mol. The average molecular weight is 272 g/mol. The normalized spacial score (nSPS) is 22.6. The van der Waals surface area contributed by atoms with Crippen LogP contribution < -0.4 is 4.90 Å². The molecular formula is C16H20N2O2. The third kappa shape index (κ3) is 2.30. The van der Waals surface area contributed by atoms with E-state index >= 15 is 0 Å². The van der Waals surface area contributed by atoms with Crippen LogP contribution in [0.3, 0.4) is 0 Å². The summed E-state index contributed by atoms with van der Waals surface area (Å²) in [5, 5.41) is 0. The summed E-state index contributed by atoms with van der Waals surface area (Å²) in [6, 6.07) is 7.90. The van der Waals surface area contributed by atoms with Gasteiger partial charge in [-0.15, -0.1) is 0 Å². The Hall–Kier alpha value is -1.84. The van der Waals surface area contributed by atoms with E-state index in [9.17, 15) is 9.59 Å². The van der Waals surface area contributed by atoms with E-state index in [1.165, 1.54) is 0 Å². The van der Waals surface area contributed by atoms with Crippen LogP contribution in [0.1, 0.15) is 24.8 Å². The van der Waals surface area contributed by atoms with Gasteiger partial charge in [0.05, 0.1) is 0 Å². The van der Waals surface area contributed by atoms with Crippen LogP contribution in [-0.2, 0) is 9.59 Å². The molecule has 1 aromatic rings. The van der Waals surface area contributed by atoms with E-state index in [2.05, 4.69) is 0 Å². The lowest BCUT2D eigenvalue weighted by Gasteiger charge is -2.20. The zero-order valence-corrected chi connectivity index (χ0v) is 11.8. The number of nitrogens with zero attached hydrogens (tertiary/aromatic N) is 2. The maximum Gasteiger partial charge on any atom is 0.239 e. The lowest BCUT2D eigenvalue weighted by Crippen LogP contribution is -2.38. The fourth-order valence-electron chi connectivity index (χ4n) is 3.12. The molecule has 1 atom stereocenters. The average Bonchev–Trinajstić information content (AvgIpc) is 3.07. The van der Waals surface area contributed by atoms with E-state index in [0.29, 0.717) is 13.0 Å². The molecule has 4 nitrogen and oxygen atoms in total. The van der Waals surface area contributed by atoms with Gasteiger partial charge in [-0.25, -0.2) is 0 Å². The largest absolute Gasteiger partial charge is 0.342 e. The molecule has 0 spiro atoms. The summed E-state index contributed by atoms with van der Waals surface area (Å²) < 4.78 is 0. The second-order valence-electron chi connectivity index (χ2n) is 5.70. The van der Waals surface area contributed by atoms with Crippen LogP contribution in [0.15, 0.2) is 24.3 Å². The maximum atomic E-state index is 12.5. The van der Waals surface area contributed by atoms with Crippen molar-refractivity contribution >= 4 is 17.5 Å². The molecule has 0 radical (unpaired) electrons. The van der Waals surface area contributed by atoms with Crippen molar-refractivity contribution in [3.63, 3.8) is 0 Å². The highest BCUT2D eigenvalue weighted by Gasteiger charge is 2.40. The van der Waals surface area contributed by atoms with E-state index in [-0.39, 0.29) is 11.8 Å². The lowest BCUT2D eigenvalue weighted by molar-refractivity contribution is -0.139. The van der Waals surface area contributed by atoms with Gasteiger partial charge in [-0.05, 0) is 43.9 Å². The van der Waals surface area contributed by atoms with E-state index in [4.69, 9.17) is 0 Å². The summed E-state index contributed by atoms with van der Waals surface area (Å²) in [4.78, 5) is 28.5. The Kier molecular flexibility index (Phi) is 3.47. The first-order chi connectivity index (χ1) is 9.66. The predicted octanol–water partition coefficient (Wildman–Crippen LogP) is 1.97. The zero-order valence-electron chi connectivity index (χ0n) is 11.8. The first-order valence-electron chi connectivity index (χ1n) is 7.33. The van der Waals surface area contributed by atoms with Gasteiger partial charge in [0.25, 0.3) is 0 Å². The monoisotopic (exact) mass is 272 g/mol. The first-order valence-corrected chi connectivity index (χ1v) is 7.33. The van der Waals surface area contributed by atoms with Crippen LogP contribution in [0.5, 0.6) is 0 Å². The highest BCUT2D eigenvalue weighted by atomic mass is 16.2. The van der Waals surface area contributed by atoms with Crippen LogP contribution in [-0.4, -0.2) is 36.3 Å². The molecule has 2 fully saturated rings. The van der Waals surface area contributed by atoms with Gasteiger partial charge >= 0.3 is 0 Å². The highest BCUT2D eigenvalue weighted by molar-refractivity contribution is 6.09. The third-order valence-corrected chi connectivity index (χ3v) is 4.23. The van der Waals surface area contributed by atoms with Crippen molar-refractivity contribution in [2.45, 2.75) is 26.2 Å². The molecule has 2 heterocycles. The molecule has 0 bridgehead atoms. The van der Waals surface area contributed by atoms with Crippen molar-refractivity contribution in [2.75, 3.05) is 24.5 Å². The van der Waals surface area contributed by atoms with E-state index in [1.807, 2.05) is 36.1 Å². The Balaban J connectivity index is 1.75. The van der Waals surface area contributed by atoms with Gasteiger partial charge < -0.3 is 9.80 Å². The summed E-state index contributed by atoms with van der Waals surface area (Å²) in [7, 11) is 0. The summed E-state index contributed by atoms with van der Waals surface area (Å²) in [6.07, 6.45) is 2.77. The number of likely N-dealkylation sites (tertiary alicyclic amines) is 1. The smallest absolute Gasteiger partial charge is 0.239 e. The standard InChI is InChI=1S/C16H20N2O2/c1-12-5-4-6-13(11-12)18-10-7-14(16(18)20)15(19)17-8-2-3-9-17/h4-6,11,14H,2-3,7-10H2,1H3. The molecule has 0 N–H and O–H groups in total. The number of carbonyl (C=O) groups excluding carboxylic acids is 2. The first kappa shape index (κ1) is 13.2. The minimum atomic E-state index is -0.464. The molecule has 2 amide bonds. The Morgan fingerprint density at radius 2 is 1.95 bits per heavy atom. The summed E-state index contributed by atoms with van der Waals surface area (Å²) in [6.45, 7) is 4.28. The fourth-order valence-corrected chi connectivity index (χ4v) is 3.12. The quantitative estimate of drug-likeness (QED) is 0.772. The summed E-state index contributed by atoms with van der Waals surface area (Å²) >= 11 is 0. The van der Waals surface area contributed by atoms with Crippen LogP contribution in [0.2, 0.25) is 0 Å². The molecule has 0 saturated carbocycles. The van der Waals surface area contributed by atoms with Crippen molar-refractivity contribution in [3.05, 3.63) is 29.8 Å². The van der Waals surface area contributed by atoms with Crippen molar-refractivity contribution in [3.8, 4) is 0 Å². The number of aryl methyl sites for hydroxylation is 1. The van der Waals surface area contributed by atoms with Gasteiger partial charge in [-0.3, -0.25) is 9.59 Å². The minimum Gasteiger partial charge on any atom is -0.342 e. The number of amides is 2. The van der Waals surface area contributed by atoms with Gasteiger partial charge in [0.2, 0.25) is 11.8 Å².